The van der Waals surface area contributed by atoms with Crippen molar-refractivity contribution >= 4 is 11.6 Å². The molecule has 0 atom stereocenters. The van der Waals surface area contributed by atoms with E-state index in [9.17, 15) is 4.79 Å². The predicted molar refractivity (Wildman–Crippen MR) is 85.2 cm³/mol. The summed E-state index contributed by atoms with van der Waals surface area (Å²) < 4.78 is 0. The molecule has 0 fully saturated rings. The molecular formula is C18H20N2O. The van der Waals surface area contributed by atoms with Gasteiger partial charge in [-0.3, -0.25) is 4.79 Å². The van der Waals surface area contributed by atoms with E-state index in [0.717, 1.165) is 36.2 Å². The second kappa shape index (κ2) is 6.10. The summed E-state index contributed by atoms with van der Waals surface area (Å²) in [5, 5.41) is 0. The number of rotatable bonds is 3. The number of amides is 1. The molecule has 0 saturated heterocycles. The van der Waals surface area contributed by atoms with Crippen molar-refractivity contribution in [1.29, 1.82) is 0 Å². The van der Waals surface area contributed by atoms with Gasteiger partial charge in [0.1, 0.15) is 0 Å². The zero-order chi connectivity index (χ0) is 14.7. The Bertz CT molecular complexity index is 651. The SMILES string of the molecule is NCc1ccccc1CC(=O)N1CCCc2ccccc21. The first-order chi connectivity index (χ1) is 10.3. The van der Waals surface area contributed by atoms with Gasteiger partial charge in [0.2, 0.25) is 5.91 Å². The number of nitrogens with zero attached hydrogens (tertiary/aromatic N) is 1. The number of hydrogen-bond acceptors (Lipinski definition) is 2. The van der Waals surface area contributed by atoms with E-state index >= 15 is 0 Å². The Morgan fingerprint density at radius 1 is 1.05 bits per heavy atom. The number of benzene rings is 2. The Morgan fingerprint density at radius 3 is 2.57 bits per heavy atom. The summed E-state index contributed by atoms with van der Waals surface area (Å²) >= 11 is 0. The number of carbonyl (C=O) groups excluding carboxylic acids is 1. The van der Waals surface area contributed by atoms with Gasteiger partial charge in [0.05, 0.1) is 6.42 Å². The largest absolute Gasteiger partial charge is 0.326 e. The van der Waals surface area contributed by atoms with Crippen LogP contribution in [0.4, 0.5) is 5.69 Å². The first-order valence-electron chi connectivity index (χ1n) is 7.44. The van der Waals surface area contributed by atoms with E-state index in [1.165, 1.54) is 5.56 Å². The molecule has 0 aliphatic carbocycles. The minimum atomic E-state index is 0.156. The summed E-state index contributed by atoms with van der Waals surface area (Å²) in [6, 6.07) is 16.1. The average Bonchev–Trinajstić information content (AvgIpc) is 2.54. The standard InChI is InChI=1S/C18H20N2O/c19-13-16-8-2-1-7-15(16)12-18(21)20-11-5-9-14-6-3-4-10-17(14)20/h1-4,6-8,10H,5,9,11-13,19H2. The van der Waals surface area contributed by atoms with Crippen molar-refractivity contribution in [2.45, 2.75) is 25.8 Å². The fourth-order valence-electron chi connectivity index (χ4n) is 2.98. The second-order valence-electron chi connectivity index (χ2n) is 5.43. The molecule has 0 radical (unpaired) electrons. The van der Waals surface area contributed by atoms with Gasteiger partial charge in [-0.2, -0.15) is 0 Å². The third kappa shape index (κ3) is 2.83. The van der Waals surface area contributed by atoms with Crippen LogP contribution < -0.4 is 10.6 Å². The van der Waals surface area contributed by atoms with E-state index < -0.39 is 0 Å². The molecule has 3 heteroatoms. The highest BCUT2D eigenvalue weighted by atomic mass is 16.2. The molecule has 0 aromatic heterocycles. The lowest BCUT2D eigenvalue weighted by Gasteiger charge is -2.29. The smallest absolute Gasteiger partial charge is 0.231 e. The molecule has 0 spiro atoms. The molecule has 0 bridgehead atoms. The number of fused-ring (bicyclic) bond motifs is 1. The first kappa shape index (κ1) is 13.8. The summed E-state index contributed by atoms with van der Waals surface area (Å²) in [6.45, 7) is 1.28. The van der Waals surface area contributed by atoms with Crippen LogP contribution in [-0.2, 0) is 24.2 Å². The van der Waals surface area contributed by atoms with Gasteiger partial charge in [-0.1, -0.05) is 42.5 Å². The minimum Gasteiger partial charge on any atom is -0.326 e. The molecule has 2 aromatic carbocycles. The van der Waals surface area contributed by atoms with Crippen LogP contribution >= 0.6 is 0 Å². The second-order valence-corrected chi connectivity index (χ2v) is 5.43. The number of aryl methyl sites for hydroxylation is 1. The molecule has 2 N–H and O–H groups in total. The van der Waals surface area contributed by atoms with E-state index in [1.54, 1.807) is 0 Å². The topological polar surface area (TPSA) is 46.3 Å². The Morgan fingerprint density at radius 2 is 1.76 bits per heavy atom. The van der Waals surface area contributed by atoms with Crippen molar-refractivity contribution < 1.29 is 4.79 Å². The van der Waals surface area contributed by atoms with Gasteiger partial charge in [-0.05, 0) is 35.6 Å². The van der Waals surface area contributed by atoms with Crippen molar-refractivity contribution in [3.8, 4) is 0 Å². The Kier molecular flexibility index (Phi) is 4.02. The van der Waals surface area contributed by atoms with Crippen molar-refractivity contribution in [3.63, 3.8) is 0 Å². The molecule has 3 rings (SSSR count). The van der Waals surface area contributed by atoms with Crippen molar-refractivity contribution in [2.24, 2.45) is 5.73 Å². The maximum Gasteiger partial charge on any atom is 0.231 e. The Labute approximate surface area is 125 Å². The van der Waals surface area contributed by atoms with Crippen LogP contribution in [-0.4, -0.2) is 12.5 Å². The zero-order valence-electron chi connectivity index (χ0n) is 12.1. The number of hydrogen-bond donors (Lipinski definition) is 1. The zero-order valence-corrected chi connectivity index (χ0v) is 12.1. The van der Waals surface area contributed by atoms with Gasteiger partial charge < -0.3 is 10.6 Å². The number of para-hydroxylation sites is 1. The summed E-state index contributed by atoms with van der Waals surface area (Å²) in [7, 11) is 0. The summed E-state index contributed by atoms with van der Waals surface area (Å²) in [4.78, 5) is 14.6. The van der Waals surface area contributed by atoms with Gasteiger partial charge in [-0.25, -0.2) is 0 Å². The van der Waals surface area contributed by atoms with E-state index in [1.807, 2.05) is 47.4 Å². The predicted octanol–water partition coefficient (Wildman–Crippen LogP) is 2.67. The lowest BCUT2D eigenvalue weighted by Crippen LogP contribution is -2.36. The Balaban J connectivity index is 1.84. The van der Waals surface area contributed by atoms with Crippen LogP contribution in [0, 0.1) is 0 Å². The number of nitrogens with two attached hydrogens (primary N) is 1. The molecule has 1 amide bonds. The monoisotopic (exact) mass is 280 g/mol. The number of carbonyl (C=O) groups is 1. The van der Waals surface area contributed by atoms with Crippen molar-refractivity contribution in [3.05, 3.63) is 65.2 Å². The summed E-state index contributed by atoms with van der Waals surface area (Å²) in [5.74, 6) is 0.156. The first-order valence-corrected chi connectivity index (χ1v) is 7.44. The van der Waals surface area contributed by atoms with E-state index in [0.29, 0.717) is 13.0 Å². The van der Waals surface area contributed by atoms with Crippen LogP contribution in [0.3, 0.4) is 0 Å². The molecule has 21 heavy (non-hydrogen) atoms. The van der Waals surface area contributed by atoms with Gasteiger partial charge >= 0.3 is 0 Å². The summed E-state index contributed by atoms with van der Waals surface area (Å²) in [5.41, 5.74) is 10.2. The quantitative estimate of drug-likeness (QED) is 0.939. The number of anilines is 1. The summed E-state index contributed by atoms with van der Waals surface area (Å²) in [6.07, 6.45) is 2.50. The highest BCUT2D eigenvalue weighted by Gasteiger charge is 2.22. The van der Waals surface area contributed by atoms with Gasteiger partial charge in [-0.15, -0.1) is 0 Å². The lowest BCUT2D eigenvalue weighted by atomic mass is 9.99. The van der Waals surface area contributed by atoms with E-state index in [-0.39, 0.29) is 5.91 Å². The van der Waals surface area contributed by atoms with Crippen LogP contribution in [0.1, 0.15) is 23.1 Å². The van der Waals surface area contributed by atoms with E-state index in [4.69, 9.17) is 5.73 Å². The van der Waals surface area contributed by atoms with Crippen LogP contribution in [0.5, 0.6) is 0 Å². The molecule has 0 saturated carbocycles. The molecule has 108 valence electrons. The highest BCUT2D eigenvalue weighted by molar-refractivity contribution is 5.96. The van der Waals surface area contributed by atoms with Crippen LogP contribution in [0.15, 0.2) is 48.5 Å². The molecule has 1 heterocycles. The minimum absolute atomic E-state index is 0.156. The molecule has 1 aliphatic heterocycles. The van der Waals surface area contributed by atoms with Crippen molar-refractivity contribution in [1.82, 2.24) is 0 Å². The van der Waals surface area contributed by atoms with Crippen LogP contribution in [0.2, 0.25) is 0 Å². The maximum atomic E-state index is 12.7. The highest BCUT2D eigenvalue weighted by Crippen LogP contribution is 2.27. The molecule has 1 aliphatic rings. The third-order valence-electron chi connectivity index (χ3n) is 4.09. The molecular weight excluding hydrogens is 260 g/mol. The lowest BCUT2D eigenvalue weighted by molar-refractivity contribution is -0.118. The molecule has 0 unspecified atom stereocenters. The van der Waals surface area contributed by atoms with Gasteiger partial charge in [0, 0.05) is 18.8 Å². The maximum absolute atomic E-state index is 12.7. The van der Waals surface area contributed by atoms with Gasteiger partial charge in [0.15, 0.2) is 0 Å². The van der Waals surface area contributed by atoms with Crippen LogP contribution in [0.25, 0.3) is 0 Å². The fraction of sp³-hybridized carbons (Fsp3) is 0.278. The van der Waals surface area contributed by atoms with E-state index in [2.05, 4.69) is 6.07 Å². The van der Waals surface area contributed by atoms with Gasteiger partial charge in [0.25, 0.3) is 0 Å². The fourth-order valence-corrected chi connectivity index (χ4v) is 2.98. The average molecular weight is 280 g/mol. The third-order valence-corrected chi connectivity index (χ3v) is 4.09. The Hall–Kier alpha value is -2.13. The molecule has 3 nitrogen and oxygen atoms in total. The molecule has 2 aromatic rings. The normalized spacial score (nSPS) is 13.9. The van der Waals surface area contributed by atoms with Crippen molar-refractivity contribution in [2.75, 3.05) is 11.4 Å².